The number of hydrogen-bond acceptors (Lipinski definition) is 4. The quantitative estimate of drug-likeness (QED) is 0.482. The van der Waals surface area contributed by atoms with E-state index in [9.17, 15) is 9.18 Å². The molecule has 1 fully saturated rings. The molecule has 3 rings (SSSR count). The Labute approximate surface area is 189 Å². The van der Waals surface area contributed by atoms with Crippen LogP contribution in [0.1, 0.15) is 38.2 Å². The first-order chi connectivity index (χ1) is 15.4. The summed E-state index contributed by atoms with van der Waals surface area (Å²) in [6.45, 7) is 3.55. The molecule has 0 radical (unpaired) electrons. The molecule has 2 N–H and O–H groups in total. The number of carbonyl (C=O) groups excluding carboxylic acids is 1. The minimum Gasteiger partial charge on any atom is -0.439 e. The van der Waals surface area contributed by atoms with Crippen molar-refractivity contribution in [1.29, 1.82) is 0 Å². The molecule has 7 nitrogen and oxygen atoms in total. The molecule has 1 aromatic heterocycles. The van der Waals surface area contributed by atoms with E-state index in [0.717, 1.165) is 31.2 Å². The summed E-state index contributed by atoms with van der Waals surface area (Å²) in [5.74, 6) is 1.18. The highest BCUT2D eigenvalue weighted by molar-refractivity contribution is 5.85. The second kappa shape index (κ2) is 10.9. The standard InChI is InChI=1S/C24H32FN5O2/c1-4-26-23(29-17-24(12-5-6-13-24)22(31)30(2)3)28-16-18-9-8-14-27-21(18)32-20-11-7-10-19(25)15-20/h7-11,14-15H,4-6,12-13,16-17H2,1-3H3,(H2,26,28,29). The molecule has 172 valence electrons. The number of aromatic nitrogens is 1. The average Bonchev–Trinajstić information content (AvgIpc) is 3.26. The zero-order chi connectivity index (χ0) is 23.0. The van der Waals surface area contributed by atoms with Crippen LogP contribution in [0.4, 0.5) is 4.39 Å². The van der Waals surface area contributed by atoms with E-state index in [1.807, 2.05) is 33.2 Å². The smallest absolute Gasteiger partial charge is 0.230 e. The summed E-state index contributed by atoms with van der Waals surface area (Å²) in [7, 11) is 3.62. The van der Waals surface area contributed by atoms with Gasteiger partial charge in [-0.25, -0.2) is 14.4 Å². The van der Waals surface area contributed by atoms with Gasteiger partial charge in [0.05, 0.1) is 12.0 Å². The largest absolute Gasteiger partial charge is 0.439 e. The summed E-state index contributed by atoms with van der Waals surface area (Å²) in [5, 5.41) is 6.61. The van der Waals surface area contributed by atoms with Crippen molar-refractivity contribution in [1.82, 2.24) is 20.5 Å². The van der Waals surface area contributed by atoms with Crippen LogP contribution in [0.2, 0.25) is 0 Å². The van der Waals surface area contributed by atoms with E-state index in [0.29, 0.717) is 37.2 Å². The zero-order valence-electron chi connectivity index (χ0n) is 19.0. The third kappa shape index (κ3) is 5.96. The van der Waals surface area contributed by atoms with Crippen LogP contribution in [-0.2, 0) is 11.3 Å². The van der Waals surface area contributed by atoms with Crippen LogP contribution in [0.5, 0.6) is 11.6 Å². The van der Waals surface area contributed by atoms with Crippen molar-refractivity contribution in [2.75, 3.05) is 27.2 Å². The molecule has 0 aliphatic heterocycles. The Bertz CT molecular complexity index is 941. The van der Waals surface area contributed by atoms with Crippen molar-refractivity contribution in [2.24, 2.45) is 10.4 Å². The number of ether oxygens (including phenoxy) is 1. The van der Waals surface area contributed by atoms with Crippen molar-refractivity contribution in [3.63, 3.8) is 0 Å². The predicted molar refractivity (Wildman–Crippen MR) is 123 cm³/mol. The van der Waals surface area contributed by atoms with Gasteiger partial charge in [-0.2, -0.15) is 0 Å². The molecule has 1 heterocycles. The number of guanidine groups is 1. The maximum atomic E-state index is 13.5. The number of amides is 1. The third-order valence-corrected chi connectivity index (χ3v) is 5.63. The molecular formula is C24H32FN5O2. The van der Waals surface area contributed by atoms with Gasteiger partial charge in [0.15, 0.2) is 5.96 Å². The first-order valence-electron chi connectivity index (χ1n) is 11.0. The lowest BCUT2D eigenvalue weighted by molar-refractivity contribution is -0.138. The van der Waals surface area contributed by atoms with E-state index < -0.39 is 0 Å². The number of pyridine rings is 1. The number of aliphatic imine (C=N–C) groups is 1. The van der Waals surface area contributed by atoms with Crippen molar-refractivity contribution in [3.8, 4) is 11.6 Å². The lowest BCUT2D eigenvalue weighted by atomic mass is 9.84. The molecule has 2 aromatic rings. The van der Waals surface area contributed by atoms with Gasteiger partial charge in [0, 0.05) is 45.0 Å². The third-order valence-electron chi connectivity index (χ3n) is 5.63. The molecule has 1 saturated carbocycles. The Morgan fingerprint density at radius 3 is 2.69 bits per heavy atom. The molecule has 1 aromatic carbocycles. The Morgan fingerprint density at radius 2 is 2.00 bits per heavy atom. The van der Waals surface area contributed by atoms with Crippen LogP contribution in [0.3, 0.4) is 0 Å². The molecule has 0 saturated heterocycles. The number of halogens is 1. The highest BCUT2D eigenvalue weighted by atomic mass is 19.1. The van der Waals surface area contributed by atoms with Crippen molar-refractivity contribution >= 4 is 11.9 Å². The first kappa shape index (κ1) is 23.5. The van der Waals surface area contributed by atoms with Crippen LogP contribution >= 0.6 is 0 Å². The van der Waals surface area contributed by atoms with E-state index in [2.05, 4.69) is 20.6 Å². The van der Waals surface area contributed by atoms with Gasteiger partial charge < -0.3 is 20.3 Å². The normalized spacial score (nSPS) is 15.3. The molecular weight excluding hydrogens is 409 g/mol. The zero-order valence-corrected chi connectivity index (χ0v) is 19.0. The number of rotatable bonds is 8. The Morgan fingerprint density at radius 1 is 1.22 bits per heavy atom. The van der Waals surface area contributed by atoms with Crippen LogP contribution in [0, 0.1) is 11.2 Å². The summed E-state index contributed by atoms with van der Waals surface area (Å²) in [4.78, 5) is 23.5. The number of nitrogens with zero attached hydrogens (tertiary/aromatic N) is 3. The second-order valence-corrected chi connectivity index (χ2v) is 8.26. The number of nitrogens with one attached hydrogen (secondary N) is 2. The number of carbonyl (C=O) groups is 1. The van der Waals surface area contributed by atoms with Gasteiger partial charge in [0.2, 0.25) is 11.8 Å². The van der Waals surface area contributed by atoms with Gasteiger partial charge in [-0.3, -0.25) is 4.79 Å². The van der Waals surface area contributed by atoms with Crippen LogP contribution < -0.4 is 15.4 Å². The minimum atomic E-state index is -0.389. The van der Waals surface area contributed by atoms with Crippen LogP contribution in [-0.4, -0.2) is 48.9 Å². The summed E-state index contributed by atoms with van der Waals surface area (Å²) in [6.07, 6.45) is 5.51. The van der Waals surface area contributed by atoms with E-state index in [4.69, 9.17) is 4.74 Å². The number of benzene rings is 1. The lowest BCUT2D eigenvalue weighted by Crippen LogP contribution is -2.49. The van der Waals surface area contributed by atoms with E-state index >= 15 is 0 Å². The SMILES string of the molecule is CCNC(=NCc1cccnc1Oc1cccc(F)c1)NCC1(C(=O)N(C)C)CCCC1. The highest BCUT2D eigenvalue weighted by Crippen LogP contribution is 2.38. The van der Waals surface area contributed by atoms with Crippen molar-refractivity contribution in [2.45, 2.75) is 39.2 Å². The maximum absolute atomic E-state index is 13.5. The molecule has 1 aliphatic rings. The average molecular weight is 442 g/mol. The fourth-order valence-corrected chi connectivity index (χ4v) is 4.03. The summed E-state index contributed by atoms with van der Waals surface area (Å²) >= 11 is 0. The van der Waals surface area contributed by atoms with Gasteiger partial charge >= 0.3 is 0 Å². The molecule has 1 amide bonds. The van der Waals surface area contributed by atoms with Crippen LogP contribution in [0.25, 0.3) is 0 Å². The van der Waals surface area contributed by atoms with Gasteiger partial charge in [0.25, 0.3) is 0 Å². The molecule has 0 unspecified atom stereocenters. The summed E-state index contributed by atoms with van der Waals surface area (Å²) in [5.41, 5.74) is 0.383. The fourth-order valence-electron chi connectivity index (χ4n) is 4.03. The fraction of sp³-hybridized carbons (Fsp3) is 0.458. The maximum Gasteiger partial charge on any atom is 0.230 e. The Balaban J connectivity index is 1.72. The monoisotopic (exact) mass is 441 g/mol. The molecule has 1 aliphatic carbocycles. The second-order valence-electron chi connectivity index (χ2n) is 8.26. The minimum absolute atomic E-state index is 0.163. The Kier molecular flexibility index (Phi) is 8.03. The topological polar surface area (TPSA) is 78.9 Å². The van der Waals surface area contributed by atoms with E-state index in [-0.39, 0.29) is 17.1 Å². The summed E-state index contributed by atoms with van der Waals surface area (Å²) in [6, 6.07) is 9.64. The molecule has 0 bridgehead atoms. The van der Waals surface area contributed by atoms with Gasteiger partial charge in [-0.1, -0.05) is 25.0 Å². The van der Waals surface area contributed by atoms with Gasteiger partial charge in [0.1, 0.15) is 11.6 Å². The molecule has 8 heteroatoms. The van der Waals surface area contributed by atoms with Crippen LogP contribution in [0.15, 0.2) is 47.6 Å². The van der Waals surface area contributed by atoms with E-state index in [1.54, 1.807) is 23.2 Å². The van der Waals surface area contributed by atoms with E-state index in [1.165, 1.54) is 12.1 Å². The summed E-state index contributed by atoms with van der Waals surface area (Å²) < 4.78 is 19.3. The van der Waals surface area contributed by atoms with Crippen molar-refractivity contribution in [3.05, 3.63) is 54.0 Å². The highest BCUT2D eigenvalue weighted by Gasteiger charge is 2.42. The lowest BCUT2D eigenvalue weighted by Gasteiger charge is -2.31. The van der Waals surface area contributed by atoms with Gasteiger partial charge in [-0.15, -0.1) is 0 Å². The van der Waals surface area contributed by atoms with Gasteiger partial charge in [-0.05, 0) is 38.0 Å². The predicted octanol–water partition coefficient (Wildman–Crippen LogP) is 3.72. The number of hydrogen-bond donors (Lipinski definition) is 2. The first-order valence-corrected chi connectivity index (χ1v) is 11.0. The Hall–Kier alpha value is -3.16. The molecule has 0 spiro atoms. The molecule has 32 heavy (non-hydrogen) atoms. The van der Waals surface area contributed by atoms with Crippen molar-refractivity contribution < 1.29 is 13.9 Å². The molecule has 0 atom stereocenters.